The molecule has 0 bridgehead atoms. The van der Waals surface area contributed by atoms with E-state index in [9.17, 15) is 13.2 Å². The maximum atomic E-state index is 12.3. The summed E-state index contributed by atoms with van der Waals surface area (Å²) in [5.41, 5.74) is 1.80. The van der Waals surface area contributed by atoms with Gasteiger partial charge in [0, 0.05) is 25.2 Å². The van der Waals surface area contributed by atoms with Crippen LogP contribution in [0.4, 0.5) is 13.2 Å². The fourth-order valence-electron chi connectivity index (χ4n) is 2.34. The molecular formula is C19H21ClF3N3O2. The van der Waals surface area contributed by atoms with Crippen molar-refractivity contribution in [3.05, 3.63) is 58.6 Å². The van der Waals surface area contributed by atoms with E-state index in [0.29, 0.717) is 24.1 Å². The number of guanidine groups is 1. The van der Waals surface area contributed by atoms with Crippen molar-refractivity contribution in [2.75, 3.05) is 20.8 Å². The van der Waals surface area contributed by atoms with Crippen LogP contribution < -0.4 is 20.1 Å². The van der Waals surface area contributed by atoms with Crippen LogP contribution in [0.2, 0.25) is 5.02 Å². The van der Waals surface area contributed by atoms with Gasteiger partial charge in [0.25, 0.3) is 0 Å². The first kappa shape index (κ1) is 21.7. The second kappa shape index (κ2) is 10.1. The molecule has 2 aromatic rings. The van der Waals surface area contributed by atoms with Gasteiger partial charge in [0.1, 0.15) is 0 Å². The van der Waals surface area contributed by atoms with Crippen molar-refractivity contribution in [2.45, 2.75) is 19.3 Å². The number of methoxy groups -OCH3 is 1. The minimum Gasteiger partial charge on any atom is -0.493 e. The van der Waals surface area contributed by atoms with Gasteiger partial charge in [0.2, 0.25) is 0 Å². The summed E-state index contributed by atoms with van der Waals surface area (Å²) < 4.78 is 46.9. The van der Waals surface area contributed by atoms with E-state index >= 15 is 0 Å². The van der Waals surface area contributed by atoms with Gasteiger partial charge in [-0.25, -0.2) is 0 Å². The Morgan fingerprint density at radius 3 is 2.29 bits per heavy atom. The summed E-state index contributed by atoms with van der Waals surface area (Å²) in [5, 5.41) is 6.94. The smallest absolute Gasteiger partial charge is 0.422 e. The van der Waals surface area contributed by atoms with Crippen molar-refractivity contribution in [1.29, 1.82) is 0 Å². The first-order valence-corrected chi connectivity index (χ1v) is 8.74. The summed E-state index contributed by atoms with van der Waals surface area (Å²) in [5.74, 6) is 0.828. The van der Waals surface area contributed by atoms with Gasteiger partial charge >= 0.3 is 6.18 Å². The third kappa shape index (κ3) is 7.19. The first-order chi connectivity index (χ1) is 13.3. The zero-order valence-corrected chi connectivity index (χ0v) is 16.2. The molecule has 0 aliphatic heterocycles. The lowest BCUT2D eigenvalue weighted by Crippen LogP contribution is -2.36. The molecule has 152 valence electrons. The third-order valence-corrected chi connectivity index (χ3v) is 3.89. The number of aliphatic imine (C=N–C) groups is 1. The average molecular weight is 416 g/mol. The van der Waals surface area contributed by atoms with Crippen LogP contribution in [-0.4, -0.2) is 32.9 Å². The molecule has 0 fully saturated rings. The fraction of sp³-hybridized carbons (Fsp3) is 0.316. The van der Waals surface area contributed by atoms with Gasteiger partial charge in [-0.15, -0.1) is 0 Å². The van der Waals surface area contributed by atoms with Crippen molar-refractivity contribution >= 4 is 17.6 Å². The lowest BCUT2D eigenvalue weighted by Gasteiger charge is -2.15. The van der Waals surface area contributed by atoms with Gasteiger partial charge in [0.15, 0.2) is 24.1 Å². The molecule has 0 aliphatic carbocycles. The Hall–Kier alpha value is -2.61. The van der Waals surface area contributed by atoms with E-state index in [1.807, 2.05) is 18.2 Å². The SMILES string of the molecule is CN=C(NCc1cccc(Cl)c1)NCc1ccc(OCC(F)(F)F)c(OC)c1. The van der Waals surface area contributed by atoms with Gasteiger partial charge in [-0.05, 0) is 35.4 Å². The van der Waals surface area contributed by atoms with E-state index in [1.165, 1.54) is 13.2 Å². The highest BCUT2D eigenvalue weighted by Gasteiger charge is 2.29. The Kier molecular flexibility index (Phi) is 7.80. The van der Waals surface area contributed by atoms with E-state index in [2.05, 4.69) is 15.6 Å². The van der Waals surface area contributed by atoms with Crippen molar-refractivity contribution in [1.82, 2.24) is 10.6 Å². The Balaban J connectivity index is 1.92. The molecule has 0 aliphatic rings. The summed E-state index contributed by atoms with van der Waals surface area (Å²) in [4.78, 5) is 4.14. The van der Waals surface area contributed by atoms with Crippen LogP contribution >= 0.6 is 11.6 Å². The van der Waals surface area contributed by atoms with Crippen molar-refractivity contribution in [3.63, 3.8) is 0 Å². The molecule has 0 amide bonds. The number of hydrogen-bond acceptors (Lipinski definition) is 3. The molecule has 0 saturated carbocycles. The number of hydrogen-bond donors (Lipinski definition) is 2. The Morgan fingerprint density at radius 2 is 1.71 bits per heavy atom. The largest absolute Gasteiger partial charge is 0.493 e. The van der Waals surface area contributed by atoms with Gasteiger partial charge < -0.3 is 20.1 Å². The molecule has 28 heavy (non-hydrogen) atoms. The number of nitrogens with zero attached hydrogens (tertiary/aromatic N) is 1. The van der Waals surface area contributed by atoms with Crippen LogP contribution in [0.15, 0.2) is 47.5 Å². The Labute approximate surface area is 166 Å². The summed E-state index contributed by atoms with van der Waals surface area (Å²) in [6.07, 6.45) is -4.41. The van der Waals surface area contributed by atoms with Crippen LogP contribution in [0.25, 0.3) is 0 Å². The van der Waals surface area contributed by atoms with E-state index in [-0.39, 0.29) is 11.5 Å². The van der Waals surface area contributed by atoms with Gasteiger partial charge in [-0.1, -0.05) is 29.8 Å². The van der Waals surface area contributed by atoms with Crippen LogP contribution in [0.1, 0.15) is 11.1 Å². The number of halogens is 4. The predicted octanol–water partition coefficient (Wildman–Crippen LogP) is 4.15. The molecule has 2 N–H and O–H groups in total. The molecular weight excluding hydrogens is 395 g/mol. The third-order valence-electron chi connectivity index (χ3n) is 3.65. The molecule has 0 aromatic heterocycles. The Bertz CT molecular complexity index is 813. The minimum atomic E-state index is -4.41. The van der Waals surface area contributed by atoms with Crippen LogP contribution in [0, 0.1) is 0 Å². The summed E-state index contributed by atoms with van der Waals surface area (Å²) in [7, 11) is 3.01. The monoisotopic (exact) mass is 415 g/mol. The van der Waals surface area contributed by atoms with E-state index in [1.54, 1.807) is 25.2 Å². The highest BCUT2D eigenvalue weighted by atomic mass is 35.5. The van der Waals surface area contributed by atoms with Gasteiger partial charge in [-0.2, -0.15) is 13.2 Å². The summed E-state index contributed by atoms with van der Waals surface area (Å²) >= 11 is 5.97. The zero-order chi connectivity index (χ0) is 20.6. The number of alkyl halides is 3. The molecule has 9 heteroatoms. The highest BCUT2D eigenvalue weighted by Crippen LogP contribution is 2.29. The predicted molar refractivity (Wildman–Crippen MR) is 103 cm³/mol. The lowest BCUT2D eigenvalue weighted by atomic mass is 10.2. The van der Waals surface area contributed by atoms with E-state index < -0.39 is 12.8 Å². The van der Waals surface area contributed by atoms with E-state index in [0.717, 1.165) is 11.1 Å². The molecule has 0 atom stereocenters. The maximum Gasteiger partial charge on any atom is 0.422 e. The molecule has 0 unspecified atom stereocenters. The molecule has 0 heterocycles. The van der Waals surface area contributed by atoms with Gasteiger partial charge in [0.05, 0.1) is 7.11 Å². The Morgan fingerprint density at radius 1 is 1.04 bits per heavy atom. The first-order valence-electron chi connectivity index (χ1n) is 8.36. The number of benzene rings is 2. The number of ether oxygens (including phenoxy) is 2. The molecule has 0 saturated heterocycles. The van der Waals surface area contributed by atoms with Crippen LogP contribution in [-0.2, 0) is 13.1 Å². The average Bonchev–Trinajstić information content (AvgIpc) is 2.66. The quantitative estimate of drug-likeness (QED) is 0.527. The van der Waals surface area contributed by atoms with Crippen molar-refractivity contribution in [2.24, 2.45) is 4.99 Å². The second-order valence-corrected chi connectivity index (χ2v) is 6.23. The summed E-state index contributed by atoms with van der Waals surface area (Å²) in [6.45, 7) is -0.445. The molecule has 0 radical (unpaired) electrons. The standard InChI is InChI=1S/C19H21ClF3N3O2/c1-24-18(25-10-13-4-3-5-15(20)8-13)26-11-14-6-7-16(17(9-14)27-2)28-12-19(21,22)23/h3-9H,10-12H2,1-2H3,(H2,24,25,26). The fourth-order valence-corrected chi connectivity index (χ4v) is 2.55. The highest BCUT2D eigenvalue weighted by molar-refractivity contribution is 6.30. The lowest BCUT2D eigenvalue weighted by molar-refractivity contribution is -0.153. The normalized spacial score (nSPS) is 11.9. The molecule has 2 rings (SSSR count). The summed E-state index contributed by atoms with van der Waals surface area (Å²) in [6, 6.07) is 12.2. The number of nitrogens with one attached hydrogen (secondary N) is 2. The van der Waals surface area contributed by atoms with Crippen molar-refractivity contribution < 1.29 is 22.6 Å². The number of rotatable bonds is 7. The van der Waals surface area contributed by atoms with Crippen molar-refractivity contribution in [3.8, 4) is 11.5 Å². The maximum absolute atomic E-state index is 12.3. The molecule has 2 aromatic carbocycles. The van der Waals surface area contributed by atoms with Crippen LogP contribution in [0.5, 0.6) is 11.5 Å². The van der Waals surface area contributed by atoms with Gasteiger partial charge in [-0.3, -0.25) is 4.99 Å². The van der Waals surface area contributed by atoms with E-state index in [4.69, 9.17) is 21.1 Å². The topological polar surface area (TPSA) is 54.9 Å². The zero-order valence-electron chi connectivity index (χ0n) is 15.4. The second-order valence-electron chi connectivity index (χ2n) is 5.80. The van der Waals surface area contributed by atoms with Crippen LogP contribution in [0.3, 0.4) is 0 Å². The molecule has 5 nitrogen and oxygen atoms in total. The molecule has 0 spiro atoms. The minimum absolute atomic E-state index is 0.0343.